The first-order chi connectivity index (χ1) is 13.2. The Morgan fingerprint density at radius 3 is 2.74 bits per heavy atom. The molecule has 27 heavy (non-hydrogen) atoms. The van der Waals surface area contributed by atoms with E-state index in [-0.39, 0.29) is 5.97 Å². The van der Waals surface area contributed by atoms with Crippen LogP contribution in [-0.2, 0) is 16.0 Å². The number of pyridine rings is 1. The second-order valence-electron chi connectivity index (χ2n) is 6.68. The molecule has 0 fully saturated rings. The third-order valence-electron chi connectivity index (χ3n) is 4.97. The van der Waals surface area contributed by atoms with Gasteiger partial charge in [0.25, 0.3) is 0 Å². The Kier molecular flexibility index (Phi) is 4.67. The molecule has 0 unspecified atom stereocenters. The number of aryl methyl sites for hydroxylation is 1. The third-order valence-corrected chi connectivity index (χ3v) is 4.97. The summed E-state index contributed by atoms with van der Waals surface area (Å²) in [5.74, 6) is 1.39. The summed E-state index contributed by atoms with van der Waals surface area (Å²) in [7, 11) is 1.43. The van der Waals surface area contributed by atoms with Gasteiger partial charge in [0.15, 0.2) is 0 Å². The summed E-state index contributed by atoms with van der Waals surface area (Å²) in [6.07, 6.45) is 1.31. The van der Waals surface area contributed by atoms with Crippen LogP contribution < -0.4 is 9.64 Å². The van der Waals surface area contributed by atoms with Gasteiger partial charge in [-0.25, -0.2) is 0 Å². The van der Waals surface area contributed by atoms with Crippen LogP contribution in [-0.4, -0.2) is 31.2 Å². The van der Waals surface area contributed by atoms with Gasteiger partial charge in [0.05, 0.1) is 24.7 Å². The van der Waals surface area contributed by atoms with Gasteiger partial charge in [0, 0.05) is 24.2 Å². The fourth-order valence-corrected chi connectivity index (χ4v) is 3.64. The number of nitrogens with zero attached hydrogens (tertiary/aromatic N) is 2. The first-order valence-corrected chi connectivity index (χ1v) is 9.13. The summed E-state index contributed by atoms with van der Waals surface area (Å²) in [5.41, 5.74) is 4.41. The highest BCUT2D eigenvalue weighted by molar-refractivity contribution is 5.96. The largest absolute Gasteiger partial charge is 0.469 e. The molecule has 2 heterocycles. The van der Waals surface area contributed by atoms with Crippen LogP contribution in [0.2, 0.25) is 0 Å². The maximum Gasteiger partial charge on any atom is 0.307 e. The van der Waals surface area contributed by atoms with Gasteiger partial charge in [-0.3, -0.25) is 9.78 Å². The standard InChI is InChI=1S/C22H22N2O3/c1-15-18-10-12-24(13-11-21(25)26-2)22(18)19-14-17(8-9-20(19)23-15)27-16-6-4-3-5-7-16/h3-9,14H,10-13H2,1-2H3. The van der Waals surface area contributed by atoms with Crippen molar-refractivity contribution < 1.29 is 14.3 Å². The van der Waals surface area contributed by atoms with E-state index in [9.17, 15) is 4.79 Å². The third kappa shape index (κ3) is 3.45. The van der Waals surface area contributed by atoms with Crippen LogP contribution in [0.15, 0.2) is 48.5 Å². The van der Waals surface area contributed by atoms with E-state index in [4.69, 9.17) is 14.5 Å². The first kappa shape index (κ1) is 17.3. The molecular weight excluding hydrogens is 340 g/mol. The van der Waals surface area contributed by atoms with Crippen LogP contribution in [0.1, 0.15) is 17.7 Å². The number of carbonyl (C=O) groups excluding carboxylic acids is 1. The van der Waals surface area contributed by atoms with Crippen molar-refractivity contribution in [1.29, 1.82) is 0 Å². The molecule has 0 amide bonds. The van der Waals surface area contributed by atoms with Gasteiger partial charge in [0.1, 0.15) is 11.5 Å². The first-order valence-electron chi connectivity index (χ1n) is 9.13. The second-order valence-corrected chi connectivity index (χ2v) is 6.68. The SMILES string of the molecule is COC(=O)CCN1CCc2c(C)nc3ccc(Oc4ccccc4)cc3c21. The van der Waals surface area contributed by atoms with Gasteiger partial charge >= 0.3 is 5.97 Å². The van der Waals surface area contributed by atoms with Gasteiger partial charge in [0.2, 0.25) is 0 Å². The molecule has 4 rings (SSSR count). The number of ether oxygens (including phenoxy) is 2. The number of rotatable bonds is 5. The number of fused-ring (bicyclic) bond motifs is 3. The normalized spacial score (nSPS) is 12.9. The van der Waals surface area contributed by atoms with Gasteiger partial charge in [-0.15, -0.1) is 0 Å². The Labute approximate surface area is 158 Å². The van der Waals surface area contributed by atoms with Crippen LogP contribution in [0.3, 0.4) is 0 Å². The van der Waals surface area contributed by atoms with Gasteiger partial charge in [-0.2, -0.15) is 0 Å². The molecule has 138 valence electrons. The molecule has 0 atom stereocenters. The maximum absolute atomic E-state index is 11.6. The molecule has 0 bridgehead atoms. The summed E-state index contributed by atoms with van der Waals surface area (Å²) in [5, 5.41) is 1.06. The Morgan fingerprint density at radius 1 is 1.15 bits per heavy atom. The van der Waals surface area contributed by atoms with Crippen molar-refractivity contribution in [2.75, 3.05) is 25.1 Å². The van der Waals surface area contributed by atoms with Crippen molar-refractivity contribution in [1.82, 2.24) is 4.98 Å². The van der Waals surface area contributed by atoms with Crippen LogP contribution in [0.25, 0.3) is 10.9 Å². The molecule has 5 nitrogen and oxygen atoms in total. The molecule has 0 spiro atoms. The molecule has 0 saturated carbocycles. The van der Waals surface area contributed by atoms with Crippen LogP contribution in [0.4, 0.5) is 5.69 Å². The minimum Gasteiger partial charge on any atom is -0.469 e. The van der Waals surface area contributed by atoms with Crippen molar-refractivity contribution in [3.63, 3.8) is 0 Å². The Morgan fingerprint density at radius 2 is 1.96 bits per heavy atom. The number of carbonyl (C=O) groups is 1. The molecule has 3 aromatic rings. The molecule has 0 saturated heterocycles. The average molecular weight is 362 g/mol. The fourth-order valence-electron chi connectivity index (χ4n) is 3.64. The summed E-state index contributed by atoms with van der Waals surface area (Å²) >= 11 is 0. The Balaban J connectivity index is 1.72. The molecule has 0 aliphatic carbocycles. The lowest BCUT2D eigenvalue weighted by Gasteiger charge is -2.21. The monoisotopic (exact) mass is 362 g/mol. The predicted octanol–water partition coefficient (Wildman–Crippen LogP) is 4.26. The van der Waals surface area contributed by atoms with Gasteiger partial charge in [-0.05, 0) is 49.2 Å². The lowest BCUT2D eigenvalue weighted by atomic mass is 10.1. The number of hydrogen-bond donors (Lipinski definition) is 0. The zero-order valence-corrected chi connectivity index (χ0v) is 15.6. The van der Waals surface area contributed by atoms with E-state index < -0.39 is 0 Å². The predicted molar refractivity (Wildman–Crippen MR) is 106 cm³/mol. The average Bonchev–Trinajstić information content (AvgIpc) is 3.12. The van der Waals surface area contributed by atoms with Crippen molar-refractivity contribution in [2.24, 2.45) is 0 Å². The molecular formula is C22H22N2O3. The lowest BCUT2D eigenvalue weighted by molar-refractivity contribution is -0.140. The number of methoxy groups -OCH3 is 1. The quantitative estimate of drug-likeness (QED) is 0.635. The van der Waals surface area contributed by atoms with E-state index in [1.54, 1.807) is 0 Å². The second kappa shape index (κ2) is 7.27. The van der Waals surface area contributed by atoms with E-state index in [2.05, 4.69) is 11.8 Å². The fraction of sp³-hybridized carbons (Fsp3) is 0.273. The van der Waals surface area contributed by atoms with Crippen molar-refractivity contribution in [3.05, 3.63) is 59.8 Å². The van der Waals surface area contributed by atoms with E-state index in [1.807, 2.05) is 48.5 Å². The summed E-state index contributed by atoms with van der Waals surface area (Å²) in [6.45, 7) is 3.58. The van der Waals surface area contributed by atoms with Crippen molar-refractivity contribution in [2.45, 2.75) is 19.8 Å². The number of benzene rings is 2. The van der Waals surface area contributed by atoms with E-state index >= 15 is 0 Å². The molecule has 5 heteroatoms. The summed E-state index contributed by atoms with van der Waals surface area (Å²) in [6, 6.07) is 15.7. The molecule has 1 aromatic heterocycles. The van der Waals surface area contributed by atoms with E-state index in [1.165, 1.54) is 18.4 Å². The van der Waals surface area contributed by atoms with Gasteiger partial charge < -0.3 is 14.4 Å². The highest BCUT2D eigenvalue weighted by Crippen LogP contribution is 2.38. The molecule has 1 aliphatic heterocycles. The number of hydrogen-bond acceptors (Lipinski definition) is 5. The number of anilines is 1. The summed E-state index contributed by atoms with van der Waals surface area (Å²) in [4.78, 5) is 18.6. The van der Waals surface area contributed by atoms with E-state index in [0.717, 1.165) is 41.1 Å². The van der Waals surface area contributed by atoms with Crippen molar-refractivity contribution >= 4 is 22.6 Å². The minimum absolute atomic E-state index is 0.188. The molecule has 2 aromatic carbocycles. The van der Waals surface area contributed by atoms with Crippen molar-refractivity contribution in [3.8, 4) is 11.5 Å². The smallest absolute Gasteiger partial charge is 0.307 e. The zero-order chi connectivity index (χ0) is 18.8. The summed E-state index contributed by atoms with van der Waals surface area (Å²) < 4.78 is 10.8. The molecule has 1 aliphatic rings. The lowest BCUT2D eigenvalue weighted by Crippen LogP contribution is -2.24. The van der Waals surface area contributed by atoms with Crippen LogP contribution >= 0.6 is 0 Å². The Bertz CT molecular complexity index is 986. The number of para-hydroxylation sites is 1. The zero-order valence-electron chi connectivity index (χ0n) is 15.6. The highest BCUT2D eigenvalue weighted by Gasteiger charge is 2.25. The maximum atomic E-state index is 11.6. The van der Waals surface area contributed by atoms with Gasteiger partial charge in [-0.1, -0.05) is 18.2 Å². The minimum atomic E-state index is -0.188. The highest BCUT2D eigenvalue weighted by atomic mass is 16.5. The van der Waals surface area contributed by atoms with E-state index in [0.29, 0.717) is 13.0 Å². The van der Waals surface area contributed by atoms with Crippen LogP contribution in [0, 0.1) is 6.92 Å². The number of aromatic nitrogens is 1. The molecule has 0 radical (unpaired) electrons. The number of esters is 1. The molecule has 0 N–H and O–H groups in total. The Hall–Kier alpha value is -3.08. The van der Waals surface area contributed by atoms with Crippen LogP contribution in [0.5, 0.6) is 11.5 Å². The topological polar surface area (TPSA) is 51.7 Å².